The molecule has 8 aromatic carbocycles. The molecule has 2 heterocycles. The van der Waals surface area contributed by atoms with E-state index in [0.717, 1.165) is 72.1 Å². The quantitative estimate of drug-likeness (QED) is 0.149. The summed E-state index contributed by atoms with van der Waals surface area (Å²) < 4.78 is 7.40. The minimum Gasteiger partial charge on any atom is -0.457 e. The first kappa shape index (κ1) is 51.5. The Bertz CT molecular complexity index is 3950. The number of anilines is 3. The van der Waals surface area contributed by atoms with Gasteiger partial charge in [-0.25, -0.2) is 9.97 Å². The van der Waals surface area contributed by atoms with E-state index < -0.39 is 0 Å². The maximum Gasteiger partial charge on any atom is 0.145 e. The molecule has 0 bridgehead atoms. The average Bonchev–Trinajstić information content (AvgIpc) is 3.81. The number of benzene rings is 8. The van der Waals surface area contributed by atoms with Crippen molar-refractivity contribution in [1.29, 1.82) is 0 Å². The van der Waals surface area contributed by atoms with Crippen molar-refractivity contribution in [2.24, 2.45) is 0 Å². The van der Waals surface area contributed by atoms with Crippen LogP contribution in [0.3, 0.4) is 0 Å². The van der Waals surface area contributed by atoms with Crippen LogP contribution in [-0.4, -0.2) is 167 Å². The largest absolute Gasteiger partial charge is 0.457 e. The molecule has 0 amide bonds. The van der Waals surface area contributed by atoms with Crippen molar-refractivity contribution in [3.05, 3.63) is 78.9 Å². The summed E-state index contributed by atoms with van der Waals surface area (Å²) in [6.07, 6.45) is 0. The van der Waals surface area contributed by atoms with Crippen LogP contribution in [-0.2, 0) is 0 Å². The topological polar surface area (TPSA) is 42.2 Å². The van der Waals surface area contributed by atoms with Gasteiger partial charge in [0, 0.05) is 39.0 Å². The Morgan fingerprint density at radius 3 is 1.18 bits per heavy atom. The molecule has 2 aromatic heterocycles. The first-order valence-corrected chi connectivity index (χ1v) is 26.5. The van der Waals surface area contributed by atoms with E-state index in [4.69, 9.17) is 14.4 Å². The molecule has 0 aliphatic rings. The van der Waals surface area contributed by atoms with Gasteiger partial charge in [0.25, 0.3) is 0 Å². The highest BCUT2D eigenvalue weighted by Crippen LogP contribution is 2.40. The zero-order chi connectivity index (χ0) is 53.3. The van der Waals surface area contributed by atoms with Crippen molar-refractivity contribution < 1.29 is 4.42 Å². The molecule has 10 aromatic rings. The molecule has 74 heavy (non-hydrogen) atoms. The third-order valence-electron chi connectivity index (χ3n) is 18.5. The summed E-state index contributed by atoms with van der Waals surface area (Å²) in [6, 6.07) is 27.8. The second-order valence-electron chi connectivity index (χ2n) is 21.9. The van der Waals surface area contributed by atoms with Gasteiger partial charge in [0.05, 0.1) is 22.4 Å². The fourth-order valence-electron chi connectivity index (χ4n) is 12.7. The van der Waals surface area contributed by atoms with E-state index in [1.54, 1.807) is 0 Å². The molecule has 0 saturated carbocycles. The Hall–Kier alpha value is -6.00. The van der Waals surface area contributed by atoms with Crippen molar-refractivity contribution in [3.8, 4) is 44.8 Å². The summed E-state index contributed by atoms with van der Waals surface area (Å²) in [4.78, 5) is 14.0. The van der Waals surface area contributed by atoms with E-state index in [0.29, 0.717) is 0 Å². The van der Waals surface area contributed by atoms with Gasteiger partial charge in [0.2, 0.25) is 0 Å². The Kier molecular flexibility index (Phi) is 13.2. The van der Waals surface area contributed by atoms with E-state index >= 15 is 0 Å². The van der Waals surface area contributed by atoms with Crippen molar-refractivity contribution in [2.45, 2.75) is 0 Å². The van der Waals surface area contributed by atoms with E-state index in [2.05, 4.69) is 241 Å². The lowest BCUT2D eigenvalue weighted by Crippen LogP contribution is -2.60. The number of aromatic nitrogens is 2. The lowest BCUT2D eigenvalue weighted by atomic mass is 9.59. The minimum atomic E-state index is 0.851. The van der Waals surface area contributed by atoms with Crippen molar-refractivity contribution >= 4 is 316 Å². The molecule has 0 unspecified atom stereocenters. The summed E-state index contributed by atoms with van der Waals surface area (Å²) >= 11 is 0. The van der Waals surface area contributed by atoms with Gasteiger partial charge < -0.3 is 9.32 Å². The summed E-state index contributed by atoms with van der Waals surface area (Å²) in [5.74, 6) is 0. The summed E-state index contributed by atoms with van der Waals surface area (Å²) in [5, 5.41) is 2.26. The fourth-order valence-corrected chi connectivity index (χ4v) is 12.7. The van der Waals surface area contributed by atoms with Crippen molar-refractivity contribution in [3.63, 3.8) is 0 Å². The highest BCUT2D eigenvalue weighted by molar-refractivity contribution is 6.73. The molecule has 10 rings (SSSR count). The molecular formula is C50H53B20N3O. The molecule has 0 N–H and O–H groups in total. The monoisotopic (exact) mass is 932 g/mol. The van der Waals surface area contributed by atoms with Gasteiger partial charge in [-0.05, 0) is 45.9 Å². The zero-order valence-corrected chi connectivity index (χ0v) is 47.8. The van der Waals surface area contributed by atoms with Crippen LogP contribution in [0, 0.1) is 0 Å². The average molecular weight is 928 g/mol. The molecule has 24 heteroatoms. The predicted octanol–water partition coefficient (Wildman–Crippen LogP) is -21.2. The maximum atomic E-state index is 7.40. The summed E-state index contributed by atoms with van der Waals surface area (Å²) in [6.45, 7) is 0. The number of para-hydroxylation sites is 2. The third-order valence-corrected chi connectivity index (χ3v) is 18.5. The van der Waals surface area contributed by atoms with Crippen LogP contribution >= 0.6 is 0 Å². The smallest absolute Gasteiger partial charge is 0.145 e. The maximum absolute atomic E-state index is 7.40. The number of hydrogen-bond donors (Lipinski definition) is 0. The highest BCUT2D eigenvalue weighted by Gasteiger charge is 2.32. The number of hydrogen-bond acceptors (Lipinski definition) is 4. The SMILES string of the molecule is Bc1c(B)c(B)c(N(c2c(B)c(B)c(B)c(B)c2B)c2c(B)c(B)c(-c3c(B)c(-c4nc5ccccc5nc4-c4cccc(-c5ccccc5)c4)c4c(oc5c(B)c(B)c(B)c(B)c54)c3B)c(B)c2B)c(B)c1B. The lowest BCUT2D eigenvalue weighted by Gasteiger charge is -2.39. The van der Waals surface area contributed by atoms with Gasteiger partial charge in [-0.15, -0.1) is 16.4 Å². The molecule has 4 nitrogen and oxygen atoms in total. The highest BCUT2D eigenvalue weighted by atomic mass is 16.3. The van der Waals surface area contributed by atoms with Crippen molar-refractivity contribution in [1.82, 2.24) is 9.97 Å². The Balaban J connectivity index is 1.36. The van der Waals surface area contributed by atoms with Gasteiger partial charge in [0.15, 0.2) is 0 Å². The van der Waals surface area contributed by atoms with Crippen LogP contribution in [0.1, 0.15) is 0 Å². The van der Waals surface area contributed by atoms with E-state index in [1.165, 1.54) is 132 Å². The molecule has 0 atom stereocenters. The third kappa shape index (κ3) is 7.64. The number of furan rings is 1. The zero-order valence-electron chi connectivity index (χ0n) is 47.8. The Morgan fingerprint density at radius 1 is 0.284 bits per heavy atom. The van der Waals surface area contributed by atoms with Gasteiger partial charge in [-0.2, -0.15) is 0 Å². The van der Waals surface area contributed by atoms with Crippen LogP contribution in [0.4, 0.5) is 17.1 Å². The van der Waals surface area contributed by atoms with Crippen LogP contribution in [0.15, 0.2) is 83.3 Å². The summed E-state index contributed by atoms with van der Waals surface area (Å²) in [5.41, 5.74) is 41.6. The second kappa shape index (κ2) is 19.0. The van der Waals surface area contributed by atoms with Crippen LogP contribution < -0.4 is 114 Å². The molecule has 0 fully saturated rings. The molecule has 0 radical (unpaired) electrons. The van der Waals surface area contributed by atoms with Gasteiger partial charge >= 0.3 is 0 Å². The van der Waals surface area contributed by atoms with E-state index in [1.807, 2.05) is 0 Å². The number of rotatable bonds is 7. The van der Waals surface area contributed by atoms with Crippen LogP contribution in [0.2, 0.25) is 0 Å². The van der Waals surface area contributed by atoms with Crippen molar-refractivity contribution in [2.75, 3.05) is 4.90 Å². The van der Waals surface area contributed by atoms with Gasteiger partial charge in [-0.1, -0.05) is 148 Å². The molecule has 0 spiro atoms. The molecule has 334 valence electrons. The Morgan fingerprint density at radius 2 is 0.662 bits per heavy atom. The van der Waals surface area contributed by atoms with E-state index in [-0.39, 0.29) is 0 Å². The lowest BCUT2D eigenvalue weighted by molar-refractivity contribution is 0.675. The van der Waals surface area contributed by atoms with Gasteiger partial charge in [-0.3, -0.25) is 0 Å². The predicted molar refractivity (Wildman–Crippen MR) is 387 cm³/mol. The second-order valence-corrected chi connectivity index (χ2v) is 21.9. The number of nitrogens with zero attached hydrogens (tertiary/aromatic N) is 3. The molecule has 0 aliphatic carbocycles. The first-order valence-electron chi connectivity index (χ1n) is 26.5. The first-order chi connectivity index (χ1) is 35.1. The standard InChI is InChI=1S/C50H53B20N3O/c51-24-20(21-25(52)37(64)46(38(65)26(21)53)73(47-39(66)32(59)30(57)33(60)40(47)67)48-41(68)34(61)31(58)35(62)42(48)69)28(55)49-19(23-27(54)29(56)36(63)43(70)50(23)74-49)22(24)45-44(71-17-11-4-5-12-18(17)72-45)16-10-6-9-15(13-16)14-7-2-1-3-8-14/h1-13H,51-70H2. The molecule has 0 saturated heterocycles. The number of fused-ring (bicyclic) bond motifs is 4. The summed E-state index contributed by atoms with van der Waals surface area (Å²) in [7, 11) is 46.1. The Labute approximate surface area is 456 Å². The molecular weight excluding hydrogens is 875 g/mol. The van der Waals surface area contributed by atoms with Crippen LogP contribution in [0.25, 0.3) is 77.7 Å². The van der Waals surface area contributed by atoms with Crippen LogP contribution in [0.5, 0.6) is 0 Å². The minimum absolute atomic E-state index is 0.851. The van der Waals surface area contributed by atoms with Gasteiger partial charge in [0.1, 0.15) is 168 Å². The molecule has 0 aliphatic heterocycles. The fraction of sp³-hybridized carbons (Fsp3) is 0. The van der Waals surface area contributed by atoms with E-state index in [9.17, 15) is 0 Å². The normalized spacial score (nSPS) is 11.5.